The van der Waals surface area contributed by atoms with E-state index in [-0.39, 0.29) is 17.5 Å². The maximum absolute atomic E-state index is 12.3. The summed E-state index contributed by atoms with van der Waals surface area (Å²) >= 11 is 0. The molecule has 2 unspecified atom stereocenters. The van der Waals surface area contributed by atoms with Gasteiger partial charge in [-0.05, 0) is 57.7 Å². The number of carbonyl (C=O) groups excluding carboxylic acids is 1. The van der Waals surface area contributed by atoms with Crippen molar-refractivity contribution in [1.29, 1.82) is 0 Å². The van der Waals surface area contributed by atoms with Gasteiger partial charge < -0.3 is 10.6 Å². The molecule has 0 aromatic heterocycles. The lowest BCUT2D eigenvalue weighted by Crippen LogP contribution is -2.53. The molecule has 2 N–H and O–H groups in total. The molecule has 0 aliphatic carbocycles. The van der Waals surface area contributed by atoms with Crippen LogP contribution in [0.5, 0.6) is 0 Å². The van der Waals surface area contributed by atoms with Gasteiger partial charge in [0.1, 0.15) is 0 Å². The van der Waals surface area contributed by atoms with Crippen LogP contribution in [0.15, 0.2) is 24.3 Å². The second-order valence-corrected chi connectivity index (χ2v) is 5.87. The highest BCUT2D eigenvalue weighted by Gasteiger charge is 2.36. The van der Waals surface area contributed by atoms with Gasteiger partial charge in [0.25, 0.3) is 0 Å². The van der Waals surface area contributed by atoms with E-state index >= 15 is 0 Å². The smallest absolute Gasteiger partial charge is 0.240 e. The molecule has 1 aromatic rings. The van der Waals surface area contributed by atoms with Crippen LogP contribution in [0.2, 0.25) is 0 Å². The Morgan fingerprint density at radius 3 is 2.84 bits per heavy atom. The summed E-state index contributed by atoms with van der Waals surface area (Å²) in [6.07, 6.45) is 2.89. The maximum Gasteiger partial charge on any atom is 0.240 e. The van der Waals surface area contributed by atoms with E-state index in [4.69, 9.17) is 0 Å². The Bertz CT molecular complexity index is 450. The van der Waals surface area contributed by atoms with Crippen molar-refractivity contribution >= 4 is 5.91 Å². The van der Waals surface area contributed by atoms with E-state index in [1.54, 1.807) is 0 Å². The zero-order valence-corrected chi connectivity index (χ0v) is 12.1. The predicted octanol–water partition coefficient (Wildman–Crippen LogP) is 2.18. The first-order valence-electron chi connectivity index (χ1n) is 7.12. The number of hydrogen-bond acceptors (Lipinski definition) is 2. The highest BCUT2D eigenvalue weighted by atomic mass is 16.2. The summed E-state index contributed by atoms with van der Waals surface area (Å²) in [6, 6.07) is 8.51. The lowest BCUT2D eigenvalue weighted by atomic mass is 9.97. The third-order valence-corrected chi connectivity index (χ3v) is 4.03. The first-order chi connectivity index (χ1) is 9.01. The zero-order chi connectivity index (χ0) is 13.9. The zero-order valence-electron chi connectivity index (χ0n) is 12.1. The molecular weight excluding hydrogens is 236 g/mol. The van der Waals surface area contributed by atoms with Crippen molar-refractivity contribution in [1.82, 2.24) is 10.6 Å². The molecule has 1 amide bonds. The standard InChI is InChI=1S/C16H24N2O/c1-12-7-4-5-8-14(12)11-13(2)18-15(19)16(3)9-6-10-17-16/h4-5,7-8,13,17H,6,9-11H2,1-3H3,(H,18,19). The van der Waals surface area contributed by atoms with E-state index in [1.807, 2.05) is 13.0 Å². The van der Waals surface area contributed by atoms with Crippen LogP contribution in [0.3, 0.4) is 0 Å². The average molecular weight is 260 g/mol. The molecule has 1 saturated heterocycles. The second-order valence-electron chi connectivity index (χ2n) is 5.87. The molecule has 0 saturated carbocycles. The van der Waals surface area contributed by atoms with Crippen molar-refractivity contribution in [3.63, 3.8) is 0 Å². The minimum absolute atomic E-state index is 0.131. The van der Waals surface area contributed by atoms with Crippen LogP contribution >= 0.6 is 0 Å². The molecule has 1 fully saturated rings. The van der Waals surface area contributed by atoms with Crippen molar-refractivity contribution < 1.29 is 4.79 Å². The molecule has 1 aromatic carbocycles. The highest BCUT2D eigenvalue weighted by molar-refractivity contribution is 5.86. The van der Waals surface area contributed by atoms with E-state index in [0.29, 0.717) is 0 Å². The Labute approximate surface area is 115 Å². The fourth-order valence-corrected chi connectivity index (χ4v) is 2.69. The number of amides is 1. The van der Waals surface area contributed by atoms with Crippen LogP contribution in [-0.2, 0) is 11.2 Å². The number of rotatable bonds is 4. The van der Waals surface area contributed by atoms with Gasteiger partial charge in [0, 0.05) is 6.04 Å². The summed E-state index contributed by atoms with van der Waals surface area (Å²) in [5, 5.41) is 6.44. The van der Waals surface area contributed by atoms with Crippen LogP contribution in [0.1, 0.15) is 37.8 Å². The molecule has 0 radical (unpaired) electrons. The van der Waals surface area contributed by atoms with Gasteiger partial charge in [-0.3, -0.25) is 4.79 Å². The fraction of sp³-hybridized carbons (Fsp3) is 0.562. The Morgan fingerprint density at radius 1 is 1.47 bits per heavy atom. The molecule has 104 valence electrons. The van der Waals surface area contributed by atoms with Gasteiger partial charge in [-0.15, -0.1) is 0 Å². The van der Waals surface area contributed by atoms with Gasteiger partial charge >= 0.3 is 0 Å². The van der Waals surface area contributed by atoms with Crippen molar-refractivity contribution in [2.24, 2.45) is 0 Å². The molecule has 19 heavy (non-hydrogen) atoms. The summed E-state index contributed by atoms with van der Waals surface area (Å²) in [5.41, 5.74) is 2.22. The van der Waals surface area contributed by atoms with Crippen molar-refractivity contribution in [2.45, 2.75) is 51.6 Å². The Kier molecular flexibility index (Phi) is 4.25. The molecule has 1 aliphatic heterocycles. The molecule has 2 rings (SSSR count). The molecule has 3 nitrogen and oxygen atoms in total. The van der Waals surface area contributed by atoms with Crippen molar-refractivity contribution in [3.8, 4) is 0 Å². The third-order valence-electron chi connectivity index (χ3n) is 4.03. The van der Waals surface area contributed by atoms with Gasteiger partial charge in [0.15, 0.2) is 0 Å². The SMILES string of the molecule is Cc1ccccc1CC(C)NC(=O)C1(C)CCCN1. The monoisotopic (exact) mass is 260 g/mol. The van der Waals surface area contributed by atoms with Crippen molar-refractivity contribution in [2.75, 3.05) is 6.54 Å². The summed E-state index contributed by atoms with van der Waals surface area (Å²) in [6.45, 7) is 7.12. The van der Waals surface area contributed by atoms with Crippen LogP contribution in [0, 0.1) is 6.92 Å². The summed E-state index contributed by atoms with van der Waals surface area (Å²) in [5.74, 6) is 0.131. The van der Waals surface area contributed by atoms with E-state index < -0.39 is 0 Å². The second kappa shape index (κ2) is 5.74. The normalized spacial score (nSPS) is 24.2. The average Bonchev–Trinajstić information content (AvgIpc) is 2.80. The predicted molar refractivity (Wildman–Crippen MR) is 78.1 cm³/mol. The van der Waals surface area contributed by atoms with Crippen molar-refractivity contribution in [3.05, 3.63) is 35.4 Å². The number of hydrogen-bond donors (Lipinski definition) is 2. The summed E-state index contributed by atoms with van der Waals surface area (Å²) < 4.78 is 0. The van der Waals surface area contributed by atoms with E-state index in [1.165, 1.54) is 11.1 Å². The van der Waals surface area contributed by atoms with Gasteiger partial charge in [0.2, 0.25) is 5.91 Å². The lowest BCUT2D eigenvalue weighted by Gasteiger charge is -2.26. The van der Waals surface area contributed by atoms with Gasteiger partial charge in [-0.1, -0.05) is 24.3 Å². The van der Waals surface area contributed by atoms with Crippen LogP contribution in [0.4, 0.5) is 0 Å². The minimum atomic E-state index is -0.375. The largest absolute Gasteiger partial charge is 0.352 e. The van der Waals surface area contributed by atoms with E-state index in [9.17, 15) is 4.79 Å². The topological polar surface area (TPSA) is 41.1 Å². The van der Waals surface area contributed by atoms with E-state index in [0.717, 1.165) is 25.8 Å². The molecular formula is C16H24N2O. The molecule has 1 aliphatic rings. The molecule has 0 bridgehead atoms. The van der Waals surface area contributed by atoms with Crippen LogP contribution < -0.4 is 10.6 Å². The Balaban J connectivity index is 1.93. The van der Waals surface area contributed by atoms with E-state index in [2.05, 4.69) is 42.7 Å². The number of benzene rings is 1. The van der Waals surface area contributed by atoms with Crippen LogP contribution in [-0.4, -0.2) is 24.0 Å². The summed E-state index contributed by atoms with van der Waals surface area (Å²) in [7, 11) is 0. The molecule has 1 heterocycles. The number of aryl methyl sites for hydroxylation is 1. The van der Waals surface area contributed by atoms with Gasteiger partial charge in [-0.25, -0.2) is 0 Å². The Morgan fingerprint density at radius 2 is 2.21 bits per heavy atom. The minimum Gasteiger partial charge on any atom is -0.352 e. The highest BCUT2D eigenvalue weighted by Crippen LogP contribution is 2.19. The van der Waals surface area contributed by atoms with Crippen LogP contribution in [0.25, 0.3) is 0 Å². The van der Waals surface area contributed by atoms with Gasteiger partial charge in [-0.2, -0.15) is 0 Å². The Hall–Kier alpha value is -1.35. The third kappa shape index (κ3) is 3.35. The number of nitrogens with one attached hydrogen (secondary N) is 2. The molecule has 3 heteroatoms. The molecule has 0 spiro atoms. The maximum atomic E-state index is 12.3. The quantitative estimate of drug-likeness (QED) is 0.871. The first kappa shape index (κ1) is 14.1. The lowest BCUT2D eigenvalue weighted by molar-refractivity contribution is -0.127. The fourth-order valence-electron chi connectivity index (χ4n) is 2.69. The van der Waals surface area contributed by atoms with Gasteiger partial charge in [0.05, 0.1) is 5.54 Å². The molecule has 2 atom stereocenters. The number of carbonyl (C=O) groups is 1. The summed E-state index contributed by atoms with van der Waals surface area (Å²) in [4.78, 5) is 12.3. The first-order valence-corrected chi connectivity index (χ1v) is 7.12.